The van der Waals surface area contributed by atoms with E-state index in [2.05, 4.69) is 10.5 Å². The highest BCUT2D eigenvalue weighted by Crippen LogP contribution is 2.22. The van der Waals surface area contributed by atoms with E-state index in [1.807, 2.05) is 32.0 Å². The molecule has 2 aromatic rings. The molecule has 134 valence electrons. The lowest BCUT2D eigenvalue weighted by molar-refractivity contribution is -0.394. The van der Waals surface area contributed by atoms with Gasteiger partial charge in [0, 0.05) is 12.1 Å². The Bertz CT molecular complexity index is 904. The van der Waals surface area contributed by atoms with Crippen molar-refractivity contribution in [3.63, 3.8) is 0 Å². The summed E-state index contributed by atoms with van der Waals surface area (Å²) in [5, 5.41) is 25.7. The highest BCUT2D eigenvalue weighted by molar-refractivity contribution is 6.01. The molecule has 0 unspecified atom stereocenters. The van der Waals surface area contributed by atoms with Crippen LogP contribution in [0.2, 0.25) is 0 Å². The van der Waals surface area contributed by atoms with Crippen molar-refractivity contribution in [3.8, 4) is 0 Å². The first kappa shape index (κ1) is 18.7. The van der Waals surface area contributed by atoms with Crippen LogP contribution in [0.15, 0.2) is 41.5 Å². The SMILES string of the molecule is C/C(=N/NC(=O)c1cc([N+](=O)[O-])cc([N+](=O)[O-])c1)c1ccc(C)c(C)c1. The summed E-state index contributed by atoms with van der Waals surface area (Å²) in [6, 6.07) is 8.41. The molecular weight excluding hydrogens is 340 g/mol. The van der Waals surface area contributed by atoms with Gasteiger partial charge in [0.05, 0.1) is 27.2 Å². The van der Waals surface area contributed by atoms with Crippen LogP contribution in [0.5, 0.6) is 0 Å². The Hall–Kier alpha value is -3.62. The summed E-state index contributed by atoms with van der Waals surface area (Å²) in [5.41, 5.74) is 4.48. The Morgan fingerprint density at radius 1 is 0.923 bits per heavy atom. The first-order chi connectivity index (χ1) is 12.2. The van der Waals surface area contributed by atoms with Crippen LogP contribution in [-0.2, 0) is 0 Å². The number of amides is 1. The zero-order chi connectivity index (χ0) is 19.4. The third-order valence-corrected chi connectivity index (χ3v) is 3.84. The van der Waals surface area contributed by atoms with Crippen LogP contribution in [-0.4, -0.2) is 21.5 Å². The van der Waals surface area contributed by atoms with Crippen molar-refractivity contribution in [1.29, 1.82) is 0 Å². The molecule has 0 heterocycles. The highest BCUT2D eigenvalue weighted by Gasteiger charge is 2.19. The Labute approximate surface area is 148 Å². The van der Waals surface area contributed by atoms with E-state index in [1.54, 1.807) is 6.92 Å². The van der Waals surface area contributed by atoms with Gasteiger partial charge in [0.1, 0.15) is 0 Å². The van der Waals surface area contributed by atoms with Gasteiger partial charge in [-0.15, -0.1) is 0 Å². The van der Waals surface area contributed by atoms with E-state index in [4.69, 9.17) is 0 Å². The van der Waals surface area contributed by atoms with Gasteiger partial charge in [-0.25, -0.2) is 5.43 Å². The van der Waals surface area contributed by atoms with Crippen LogP contribution < -0.4 is 5.43 Å². The fourth-order valence-electron chi connectivity index (χ4n) is 2.17. The van der Waals surface area contributed by atoms with Crippen LogP contribution in [0.1, 0.15) is 34.0 Å². The molecule has 1 amide bonds. The molecule has 0 aliphatic heterocycles. The second kappa shape index (κ2) is 7.51. The summed E-state index contributed by atoms with van der Waals surface area (Å²) in [6.45, 7) is 5.62. The number of nitro groups is 2. The van der Waals surface area contributed by atoms with Gasteiger partial charge in [-0.05, 0) is 43.5 Å². The number of nitrogens with zero attached hydrogens (tertiary/aromatic N) is 3. The second-order valence-electron chi connectivity index (χ2n) is 5.69. The van der Waals surface area contributed by atoms with E-state index < -0.39 is 27.1 Å². The third-order valence-electron chi connectivity index (χ3n) is 3.84. The van der Waals surface area contributed by atoms with E-state index in [1.165, 1.54) is 0 Å². The molecular formula is C17H16N4O5. The number of nitro benzene ring substituents is 2. The standard InChI is InChI=1S/C17H16N4O5/c1-10-4-5-13(6-11(10)2)12(3)18-19-17(22)14-7-15(20(23)24)9-16(8-14)21(25)26/h4-9H,1-3H3,(H,19,22)/b18-12-. The fourth-order valence-corrected chi connectivity index (χ4v) is 2.17. The van der Waals surface area contributed by atoms with Crippen molar-refractivity contribution < 1.29 is 14.6 Å². The number of carbonyl (C=O) groups is 1. The minimum absolute atomic E-state index is 0.220. The summed E-state index contributed by atoms with van der Waals surface area (Å²) in [6.07, 6.45) is 0. The first-order valence-electron chi connectivity index (χ1n) is 7.55. The number of aryl methyl sites for hydroxylation is 2. The van der Waals surface area contributed by atoms with Gasteiger partial charge in [0.2, 0.25) is 0 Å². The van der Waals surface area contributed by atoms with Gasteiger partial charge >= 0.3 is 0 Å². The largest absolute Gasteiger partial charge is 0.277 e. The molecule has 0 spiro atoms. The third kappa shape index (κ3) is 4.26. The smallest absolute Gasteiger partial charge is 0.267 e. The molecule has 0 aliphatic rings. The predicted octanol–water partition coefficient (Wildman–Crippen LogP) is 3.27. The van der Waals surface area contributed by atoms with E-state index >= 15 is 0 Å². The molecule has 26 heavy (non-hydrogen) atoms. The Morgan fingerprint density at radius 2 is 1.50 bits per heavy atom. The van der Waals surface area contributed by atoms with E-state index in [0.717, 1.165) is 34.9 Å². The van der Waals surface area contributed by atoms with Crippen LogP contribution in [0.3, 0.4) is 0 Å². The lowest BCUT2D eigenvalue weighted by Crippen LogP contribution is -2.19. The number of nitrogens with one attached hydrogen (secondary N) is 1. The van der Waals surface area contributed by atoms with Gasteiger partial charge in [-0.3, -0.25) is 25.0 Å². The maximum Gasteiger partial charge on any atom is 0.277 e. The maximum atomic E-state index is 12.2. The summed E-state index contributed by atoms with van der Waals surface area (Å²) in [5.74, 6) is -0.778. The zero-order valence-corrected chi connectivity index (χ0v) is 14.3. The molecule has 0 aliphatic carbocycles. The summed E-state index contributed by atoms with van der Waals surface area (Å²) in [7, 11) is 0. The molecule has 0 aromatic heterocycles. The van der Waals surface area contributed by atoms with Crippen molar-refractivity contribution in [2.75, 3.05) is 0 Å². The van der Waals surface area contributed by atoms with Gasteiger partial charge in [-0.1, -0.05) is 12.1 Å². The van der Waals surface area contributed by atoms with Crippen molar-refractivity contribution in [1.82, 2.24) is 5.43 Å². The lowest BCUT2D eigenvalue weighted by atomic mass is 10.0. The topological polar surface area (TPSA) is 128 Å². The van der Waals surface area contributed by atoms with Gasteiger partial charge in [0.15, 0.2) is 0 Å². The van der Waals surface area contributed by atoms with Crippen LogP contribution >= 0.6 is 0 Å². The monoisotopic (exact) mass is 356 g/mol. The van der Waals surface area contributed by atoms with Gasteiger partial charge < -0.3 is 0 Å². The molecule has 1 N–H and O–H groups in total. The average Bonchev–Trinajstić information content (AvgIpc) is 2.61. The molecule has 0 saturated carbocycles. The molecule has 0 bridgehead atoms. The molecule has 9 heteroatoms. The first-order valence-corrected chi connectivity index (χ1v) is 7.55. The van der Waals surface area contributed by atoms with E-state index in [9.17, 15) is 25.0 Å². The molecule has 0 saturated heterocycles. The van der Waals surface area contributed by atoms with Crippen molar-refractivity contribution in [2.45, 2.75) is 20.8 Å². The van der Waals surface area contributed by atoms with Crippen molar-refractivity contribution in [2.24, 2.45) is 5.10 Å². The Balaban J connectivity index is 2.27. The average molecular weight is 356 g/mol. The normalized spacial score (nSPS) is 11.1. The Morgan fingerprint density at radius 3 is 2.00 bits per heavy atom. The number of non-ortho nitro benzene ring substituents is 2. The summed E-state index contributed by atoms with van der Waals surface area (Å²) < 4.78 is 0. The van der Waals surface area contributed by atoms with Gasteiger partial charge in [-0.2, -0.15) is 5.10 Å². The lowest BCUT2D eigenvalue weighted by Gasteiger charge is -2.06. The van der Waals surface area contributed by atoms with E-state index in [-0.39, 0.29) is 5.56 Å². The number of benzene rings is 2. The number of hydrogen-bond donors (Lipinski definition) is 1. The minimum atomic E-state index is -0.798. The molecule has 2 aromatic carbocycles. The minimum Gasteiger partial charge on any atom is -0.267 e. The van der Waals surface area contributed by atoms with Crippen LogP contribution in [0.25, 0.3) is 0 Å². The van der Waals surface area contributed by atoms with Crippen molar-refractivity contribution in [3.05, 3.63) is 78.9 Å². The van der Waals surface area contributed by atoms with E-state index in [0.29, 0.717) is 5.71 Å². The molecule has 0 fully saturated rings. The van der Waals surface area contributed by atoms with Gasteiger partial charge in [0.25, 0.3) is 17.3 Å². The fraction of sp³-hybridized carbons (Fsp3) is 0.176. The molecule has 0 atom stereocenters. The number of rotatable bonds is 5. The number of hydrogen-bond acceptors (Lipinski definition) is 6. The maximum absolute atomic E-state index is 12.2. The zero-order valence-electron chi connectivity index (χ0n) is 14.3. The quantitative estimate of drug-likeness (QED) is 0.499. The molecule has 0 radical (unpaired) electrons. The summed E-state index contributed by atoms with van der Waals surface area (Å²) in [4.78, 5) is 32.4. The van der Waals surface area contributed by atoms with Crippen molar-refractivity contribution >= 4 is 23.0 Å². The second-order valence-corrected chi connectivity index (χ2v) is 5.69. The molecule has 9 nitrogen and oxygen atoms in total. The highest BCUT2D eigenvalue weighted by atomic mass is 16.6. The molecule has 2 rings (SSSR count). The Kier molecular flexibility index (Phi) is 5.41. The van der Waals surface area contributed by atoms with Crippen LogP contribution in [0.4, 0.5) is 11.4 Å². The predicted molar refractivity (Wildman–Crippen MR) is 95.3 cm³/mol. The van der Waals surface area contributed by atoms with Crippen LogP contribution in [0, 0.1) is 34.1 Å². The number of carbonyl (C=O) groups excluding carboxylic acids is 1. The summed E-state index contributed by atoms with van der Waals surface area (Å²) >= 11 is 0. The number of hydrazone groups is 1.